The summed E-state index contributed by atoms with van der Waals surface area (Å²) in [6.07, 6.45) is 3.57. The Morgan fingerprint density at radius 2 is 1.78 bits per heavy atom. The number of halogens is 2. The fourth-order valence-corrected chi connectivity index (χ4v) is 3.45. The van der Waals surface area contributed by atoms with Crippen molar-refractivity contribution < 1.29 is 9.18 Å². The first-order valence-electron chi connectivity index (χ1n) is 9.00. The molecule has 0 bridgehead atoms. The monoisotopic (exact) mass is 391 g/mol. The third-order valence-electron chi connectivity index (χ3n) is 4.69. The maximum atomic E-state index is 13.2. The van der Waals surface area contributed by atoms with Gasteiger partial charge in [-0.25, -0.2) is 14.4 Å². The van der Waals surface area contributed by atoms with Gasteiger partial charge in [0.1, 0.15) is 23.3 Å². The summed E-state index contributed by atoms with van der Waals surface area (Å²) in [5.41, 5.74) is 0.373. The third kappa shape index (κ3) is 5.07. The number of anilines is 2. The van der Waals surface area contributed by atoms with Crippen LogP contribution < -0.4 is 16.0 Å². The molecular weight excluding hydrogens is 369 g/mol. The van der Waals surface area contributed by atoms with E-state index in [-0.39, 0.29) is 17.0 Å². The molecule has 1 aromatic heterocycles. The third-order valence-corrected chi connectivity index (χ3v) is 4.98. The summed E-state index contributed by atoms with van der Waals surface area (Å²) in [5.74, 6) is 1.55. The molecule has 2 aromatic rings. The van der Waals surface area contributed by atoms with Gasteiger partial charge in [-0.15, -0.1) is 0 Å². The van der Waals surface area contributed by atoms with Crippen LogP contribution >= 0.6 is 11.6 Å². The van der Waals surface area contributed by atoms with Gasteiger partial charge in [-0.3, -0.25) is 4.79 Å². The Morgan fingerprint density at radius 3 is 2.44 bits per heavy atom. The van der Waals surface area contributed by atoms with E-state index in [4.69, 9.17) is 11.6 Å². The lowest BCUT2D eigenvalue weighted by atomic mass is 9.91. The Morgan fingerprint density at radius 1 is 1.11 bits per heavy atom. The molecule has 27 heavy (non-hydrogen) atoms. The van der Waals surface area contributed by atoms with Crippen molar-refractivity contribution in [2.45, 2.75) is 44.7 Å². The van der Waals surface area contributed by atoms with E-state index >= 15 is 0 Å². The maximum absolute atomic E-state index is 13.2. The molecule has 1 fully saturated rings. The van der Waals surface area contributed by atoms with Gasteiger partial charge in [0.25, 0.3) is 5.91 Å². The Hall–Kier alpha value is -2.41. The lowest BCUT2D eigenvalue weighted by Crippen LogP contribution is -2.40. The minimum absolute atomic E-state index is 0.0448. The van der Waals surface area contributed by atoms with E-state index in [0.29, 0.717) is 17.4 Å². The summed E-state index contributed by atoms with van der Waals surface area (Å²) < 4.78 is 13.2. The van der Waals surface area contributed by atoms with Crippen LogP contribution in [-0.4, -0.2) is 35.0 Å². The highest BCUT2D eigenvalue weighted by Gasteiger charge is 2.23. The van der Waals surface area contributed by atoms with Gasteiger partial charge < -0.3 is 16.0 Å². The first-order chi connectivity index (χ1) is 12.9. The summed E-state index contributed by atoms with van der Waals surface area (Å²) in [7, 11) is 1.83. The van der Waals surface area contributed by atoms with E-state index < -0.39 is 5.82 Å². The smallest absolute Gasteiger partial charge is 0.251 e. The molecule has 3 N–H and O–H groups in total. The minimum Gasteiger partial charge on any atom is -0.373 e. The predicted octanol–water partition coefficient (Wildman–Crippen LogP) is 3.77. The van der Waals surface area contributed by atoms with Crippen molar-refractivity contribution in [2.24, 2.45) is 0 Å². The van der Waals surface area contributed by atoms with E-state index in [1.165, 1.54) is 18.2 Å². The zero-order chi connectivity index (χ0) is 19.4. The molecule has 8 heteroatoms. The second-order valence-corrected chi connectivity index (χ2v) is 7.14. The van der Waals surface area contributed by atoms with E-state index in [1.54, 1.807) is 0 Å². The number of nitrogens with zero attached hydrogens (tertiary/aromatic N) is 2. The fraction of sp³-hybridized carbons (Fsp3) is 0.421. The van der Waals surface area contributed by atoms with E-state index in [2.05, 4.69) is 25.9 Å². The number of hydrogen-bond acceptors (Lipinski definition) is 5. The van der Waals surface area contributed by atoms with E-state index in [1.807, 2.05) is 20.0 Å². The van der Waals surface area contributed by atoms with Crippen molar-refractivity contribution >= 4 is 29.1 Å². The van der Waals surface area contributed by atoms with E-state index in [9.17, 15) is 9.18 Å². The van der Waals surface area contributed by atoms with Crippen LogP contribution in [0.5, 0.6) is 0 Å². The number of aryl methyl sites for hydroxylation is 1. The minimum atomic E-state index is -0.527. The molecule has 1 amide bonds. The molecule has 1 saturated carbocycles. The van der Waals surface area contributed by atoms with Crippen molar-refractivity contribution in [1.82, 2.24) is 15.3 Å². The summed E-state index contributed by atoms with van der Waals surface area (Å²) in [5, 5.41) is 9.44. The van der Waals surface area contributed by atoms with Crippen LogP contribution in [-0.2, 0) is 0 Å². The van der Waals surface area contributed by atoms with Crippen LogP contribution in [0.15, 0.2) is 24.3 Å². The van der Waals surface area contributed by atoms with Gasteiger partial charge in [-0.1, -0.05) is 11.6 Å². The van der Waals surface area contributed by atoms with Gasteiger partial charge in [0.05, 0.1) is 5.02 Å². The average molecular weight is 392 g/mol. The fourth-order valence-electron chi connectivity index (χ4n) is 3.27. The first kappa shape index (κ1) is 19.4. The number of hydrogen-bond donors (Lipinski definition) is 3. The Balaban J connectivity index is 1.52. The molecule has 1 aliphatic rings. The first-order valence-corrected chi connectivity index (χ1v) is 9.38. The molecule has 0 unspecified atom stereocenters. The Labute approximate surface area is 162 Å². The van der Waals surface area contributed by atoms with Crippen LogP contribution in [0.2, 0.25) is 5.02 Å². The largest absolute Gasteiger partial charge is 0.373 e. The number of carbonyl (C=O) groups is 1. The van der Waals surface area contributed by atoms with Crippen molar-refractivity contribution in [2.75, 3.05) is 17.7 Å². The molecule has 144 valence electrons. The number of benzene rings is 1. The van der Waals surface area contributed by atoms with Crippen LogP contribution in [0, 0.1) is 12.7 Å². The van der Waals surface area contributed by atoms with Crippen LogP contribution in [0.3, 0.4) is 0 Å². The van der Waals surface area contributed by atoms with Gasteiger partial charge in [0.2, 0.25) is 0 Å². The zero-order valence-corrected chi connectivity index (χ0v) is 16.1. The molecule has 1 aliphatic carbocycles. The number of carbonyl (C=O) groups excluding carboxylic acids is 1. The van der Waals surface area contributed by atoms with Gasteiger partial charge >= 0.3 is 0 Å². The highest BCUT2D eigenvalue weighted by Crippen LogP contribution is 2.23. The zero-order valence-electron chi connectivity index (χ0n) is 15.4. The molecule has 6 nitrogen and oxygen atoms in total. The molecule has 0 radical (unpaired) electrons. The molecule has 0 aliphatic heterocycles. The summed E-state index contributed by atoms with van der Waals surface area (Å²) in [4.78, 5) is 21.0. The standard InChI is InChI=1S/C19H23ClFN5O/c1-11-23-17(22-2)10-18(24-11)25-13-4-6-14(7-5-13)26-19(27)12-3-8-16(21)15(20)9-12/h3,8-10,13-14H,4-7H2,1-2H3,(H,26,27)(H2,22,23,24,25). The normalized spacial score (nSPS) is 19.4. The van der Waals surface area contributed by atoms with Crippen LogP contribution in [0.4, 0.5) is 16.0 Å². The lowest BCUT2D eigenvalue weighted by molar-refractivity contribution is 0.0926. The van der Waals surface area contributed by atoms with Crippen LogP contribution in [0.1, 0.15) is 41.9 Å². The van der Waals surface area contributed by atoms with Gasteiger partial charge in [0, 0.05) is 30.8 Å². The molecule has 0 atom stereocenters. The molecule has 0 saturated heterocycles. The summed E-state index contributed by atoms with van der Waals surface area (Å²) in [6, 6.07) is 6.30. The Bertz CT molecular complexity index is 824. The molecule has 1 aromatic carbocycles. The highest BCUT2D eigenvalue weighted by atomic mass is 35.5. The van der Waals surface area contributed by atoms with E-state index in [0.717, 1.165) is 37.3 Å². The molecule has 3 rings (SSSR count). The van der Waals surface area contributed by atoms with Crippen molar-refractivity contribution in [3.8, 4) is 0 Å². The Kier molecular flexibility index (Phi) is 6.11. The summed E-state index contributed by atoms with van der Waals surface area (Å²) in [6.45, 7) is 1.86. The number of rotatable bonds is 5. The predicted molar refractivity (Wildman–Crippen MR) is 105 cm³/mol. The van der Waals surface area contributed by atoms with Gasteiger partial charge in [-0.2, -0.15) is 0 Å². The second-order valence-electron chi connectivity index (χ2n) is 6.73. The lowest BCUT2D eigenvalue weighted by Gasteiger charge is -2.30. The van der Waals surface area contributed by atoms with Gasteiger partial charge in [-0.05, 0) is 50.8 Å². The van der Waals surface area contributed by atoms with Gasteiger partial charge in [0.15, 0.2) is 0 Å². The van der Waals surface area contributed by atoms with Crippen LogP contribution in [0.25, 0.3) is 0 Å². The second kappa shape index (κ2) is 8.52. The topological polar surface area (TPSA) is 78.9 Å². The highest BCUT2D eigenvalue weighted by molar-refractivity contribution is 6.31. The molecule has 0 spiro atoms. The van der Waals surface area contributed by atoms with Crippen molar-refractivity contribution in [3.63, 3.8) is 0 Å². The molecular formula is C19H23ClFN5O. The quantitative estimate of drug-likeness (QED) is 0.723. The van der Waals surface area contributed by atoms with Crippen molar-refractivity contribution in [3.05, 3.63) is 46.5 Å². The molecule has 1 heterocycles. The number of aromatic nitrogens is 2. The maximum Gasteiger partial charge on any atom is 0.251 e. The number of nitrogens with one attached hydrogen (secondary N) is 3. The SMILES string of the molecule is CNc1cc(NC2CCC(NC(=O)c3ccc(F)c(Cl)c3)CC2)nc(C)n1. The average Bonchev–Trinajstić information content (AvgIpc) is 2.65. The summed E-state index contributed by atoms with van der Waals surface area (Å²) >= 11 is 5.75. The number of amides is 1. The van der Waals surface area contributed by atoms with Crippen molar-refractivity contribution in [1.29, 1.82) is 0 Å².